The van der Waals surface area contributed by atoms with E-state index < -0.39 is 0 Å². The lowest BCUT2D eigenvalue weighted by Gasteiger charge is -2.28. The molecule has 0 aliphatic carbocycles. The van der Waals surface area contributed by atoms with Crippen LogP contribution in [0.3, 0.4) is 0 Å². The van der Waals surface area contributed by atoms with Crippen LogP contribution in [0.15, 0.2) is 47.1 Å². The van der Waals surface area contributed by atoms with Crippen LogP contribution in [0.25, 0.3) is 0 Å². The fourth-order valence-electron chi connectivity index (χ4n) is 3.23. The lowest BCUT2D eigenvalue weighted by atomic mass is 10.0. The Kier molecular flexibility index (Phi) is 4.93. The lowest BCUT2D eigenvalue weighted by Crippen LogP contribution is -2.36. The number of furan rings is 1. The number of amides is 2. The van der Waals surface area contributed by atoms with Gasteiger partial charge in [0.2, 0.25) is 11.8 Å². The number of aryl methyl sites for hydroxylation is 1. The number of rotatable bonds is 5. The first-order chi connectivity index (χ1) is 12.0. The zero-order chi connectivity index (χ0) is 18.0. The molecule has 0 radical (unpaired) electrons. The molecule has 25 heavy (non-hydrogen) atoms. The molecule has 5 nitrogen and oxygen atoms in total. The second-order valence-electron chi connectivity index (χ2n) is 6.79. The Hall–Kier alpha value is -2.56. The van der Waals surface area contributed by atoms with Crippen LogP contribution in [0.2, 0.25) is 0 Å². The number of nitrogens with zero attached hydrogens (tertiary/aromatic N) is 2. The number of hydrogen-bond donors (Lipinski definition) is 0. The quantitative estimate of drug-likeness (QED) is 0.840. The fourth-order valence-corrected chi connectivity index (χ4v) is 3.23. The lowest BCUT2D eigenvalue weighted by molar-refractivity contribution is -0.136. The summed E-state index contributed by atoms with van der Waals surface area (Å²) in [5.74, 6) is 0.470. The molecule has 1 aliphatic rings. The standard InChI is InChI=1S/C20H24N2O3/c1-14-6-8-16(9-7-14)15(2)21(3)20(24)17-11-19(23)22(12-17)13-18-5-4-10-25-18/h4-10,15,17H,11-13H2,1-3H3. The molecule has 1 aromatic carbocycles. The van der Waals surface area contributed by atoms with Gasteiger partial charge in [-0.25, -0.2) is 0 Å². The van der Waals surface area contributed by atoms with Crippen LogP contribution in [-0.2, 0) is 16.1 Å². The van der Waals surface area contributed by atoms with Crippen molar-refractivity contribution in [2.24, 2.45) is 5.92 Å². The maximum atomic E-state index is 12.8. The summed E-state index contributed by atoms with van der Waals surface area (Å²) in [5, 5.41) is 0. The molecule has 2 atom stereocenters. The molecule has 1 aromatic heterocycles. The van der Waals surface area contributed by atoms with E-state index in [2.05, 4.69) is 0 Å². The number of likely N-dealkylation sites (tertiary alicyclic amines) is 1. The van der Waals surface area contributed by atoms with Crippen molar-refractivity contribution in [3.8, 4) is 0 Å². The van der Waals surface area contributed by atoms with Crippen LogP contribution >= 0.6 is 0 Å². The van der Waals surface area contributed by atoms with E-state index in [0.29, 0.717) is 13.1 Å². The highest BCUT2D eigenvalue weighted by Gasteiger charge is 2.37. The van der Waals surface area contributed by atoms with Crippen LogP contribution in [0.5, 0.6) is 0 Å². The third-order valence-electron chi connectivity index (χ3n) is 4.98. The molecule has 2 unspecified atom stereocenters. The maximum absolute atomic E-state index is 12.8. The Morgan fingerprint density at radius 1 is 1.32 bits per heavy atom. The third-order valence-corrected chi connectivity index (χ3v) is 4.98. The van der Waals surface area contributed by atoms with Gasteiger partial charge in [-0.1, -0.05) is 29.8 Å². The van der Waals surface area contributed by atoms with Gasteiger partial charge in [0.15, 0.2) is 0 Å². The fraction of sp³-hybridized carbons (Fsp3) is 0.400. The smallest absolute Gasteiger partial charge is 0.228 e. The normalized spacial score (nSPS) is 18.4. The Morgan fingerprint density at radius 2 is 2.04 bits per heavy atom. The Labute approximate surface area is 148 Å². The molecule has 0 spiro atoms. The van der Waals surface area contributed by atoms with Crippen molar-refractivity contribution in [2.45, 2.75) is 32.9 Å². The summed E-state index contributed by atoms with van der Waals surface area (Å²) in [6.07, 6.45) is 1.86. The summed E-state index contributed by atoms with van der Waals surface area (Å²) in [7, 11) is 1.81. The number of hydrogen-bond acceptors (Lipinski definition) is 3. The first-order valence-electron chi connectivity index (χ1n) is 8.59. The minimum Gasteiger partial charge on any atom is -0.467 e. The van der Waals surface area contributed by atoms with E-state index in [9.17, 15) is 9.59 Å². The molecule has 2 amide bonds. The molecule has 1 fully saturated rings. The highest BCUT2D eigenvalue weighted by Crippen LogP contribution is 2.26. The van der Waals surface area contributed by atoms with E-state index in [1.165, 1.54) is 5.56 Å². The van der Waals surface area contributed by atoms with Gasteiger partial charge >= 0.3 is 0 Å². The highest BCUT2D eigenvalue weighted by atomic mass is 16.3. The molecular formula is C20H24N2O3. The molecule has 0 N–H and O–H groups in total. The van der Waals surface area contributed by atoms with Crippen molar-refractivity contribution in [2.75, 3.05) is 13.6 Å². The second-order valence-corrected chi connectivity index (χ2v) is 6.79. The van der Waals surface area contributed by atoms with Gasteiger partial charge in [-0.2, -0.15) is 0 Å². The van der Waals surface area contributed by atoms with Crippen LogP contribution in [0.4, 0.5) is 0 Å². The Bertz CT molecular complexity index is 737. The molecule has 3 rings (SSSR count). The van der Waals surface area contributed by atoms with Gasteiger partial charge in [0.1, 0.15) is 5.76 Å². The molecule has 0 saturated carbocycles. The summed E-state index contributed by atoms with van der Waals surface area (Å²) in [6, 6.07) is 11.8. The molecule has 0 bridgehead atoms. The van der Waals surface area contributed by atoms with E-state index >= 15 is 0 Å². The predicted molar refractivity (Wildman–Crippen MR) is 94.6 cm³/mol. The Morgan fingerprint density at radius 3 is 2.68 bits per heavy atom. The number of carbonyl (C=O) groups is 2. The predicted octanol–water partition coefficient (Wildman–Crippen LogP) is 3.16. The molecule has 1 saturated heterocycles. The van der Waals surface area contributed by atoms with E-state index in [1.807, 2.05) is 51.2 Å². The first-order valence-corrected chi connectivity index (χ1v) is 8.59. The Balaban J connectivity index is 1.64. The summed E-state index contributed by atoms with van der Waals surface area (Å²) in [5.41, 5.74) is 2.29. The maximum Gasteiger partial charge on any atom is 0.228 e. The number of benzene rings is 1. The minimum atomic E-state index is -0.291. The molecule has 2 aromatic rings. The zero-order valence-electron chi connectivity index (χ0n) is 14.9. The number of carbonyl (C=O) groups excluding carboxylic acids is 2. The van der Waals surface area contributed by atoms with Crippen molar-refractivity contribution < 1.29 is 14.0 Å². The van der Waals surface area contributed by atoms with Gasteiger partial charge in [0.25, 0.3) is 0 Å². The first kappa shape index (κ1) is 17.3. The van der Waals surface area contributed by atoms with Crippen molar-refractivity contribution in [3.05, 3.63) is 59.5 Å². The van der Waals surface area contributed by atoms with Gasteiger partial charge in [-0.05, 0) is 31.5 Å². The van der Waals surface area contributed by atoms with Crippen LogP contribution in [-0.4, -0.2) is 35.2 Å². The summed E-state index contributed by atoms with van der Waals surface area (Å²) in [4.78, 5) is 28.5. The zero-order valence-corrected chi connectivity index (χ0v) is 14.9. The van der Waals surface area contributed by atoms with Crippen molar-refractivity contribution in [1.82, 2.24) is 9.80 Å². The van der Waals surface area contributed by atoms with E-state index in [1.54, 1.807) is 22.1 Å². The molecule has 132 valence electrons. The molecule has 5 heteroatoms. The largest absolute Gasteiger partial charge is 0.467 e. The monoisotopic (exact) mass is 340 g/mol. The van der Waals surface area contributed by atoms with E-state index in [0.717, 1.165) is 11.3 Å². The average molecular weight is 340 g/mol. The van der Waals surface area contributed by atoms with Crippen LogP contribution < -0.4 is 0 Å². The molecular weight excluding hydrogens is 316 g/mol. The highest BCUT2D eigenvalue weighted by molar-refractivity contribution is 5.89. The van der Waals surface area contributed by atoms with Gasteiger partial charge < -0.3 is 14.2 Å². The molecule has 2 heterocycles. The van der Waals surface area contributed by atoms with Gasteiger partial charge in [-0.3, -0.25) is 9.59 Å². The van der Waals surface area contributed by atoms with Crippen LogP contribution in [0, 0.1) is 12.8 Å². The van der Waals surface area contributed by atoms with E-state index in [-0.39, 0.29) is 30.2 Å². The summed E-state index contributed by atoms with van der Waals surface area (Å²) < 4.78 is 5.30. The average Bonchev–Trinajstić information content (AvgIpc) is 3.24. The summed E-state index contributed by atoms with van der Waals surface area (Å²) in [6.45, 7) is 4.93. The second kappa shape index (κ2) is 7.13. The van der Waals surface area contributed by atoms with Gasteiger partial charge in [0.05, 0.1) is 24.8 Å². The van der Waals surface area contributed by atoms with Gasteiger partial charge in [-0.15, -0.1) is 0 Å². The van der Waals surface area contributed by atoms with E-state index in [4.69, 9.17) is 4.42 Å². The topological polar surface area (TPSA) is 53.8 Å². The van der Waals surface area contributed by atoms with Crippen molar-refractivity contribution in [3.63, 3.8) is 0 Å². The van der Waals surface area contributed by atoms with Crippen molar-refractivity contribution >= 4 is 11.8 Å². The molecule has 1 aliphatic heterocycles. The van der Waals surface area contributed by atoms with Gasteiger partial charge in [0, 0.05) is 20.0 Å². The van der Waals surface area contributed by atoms with Crippen LogP contribution in [0.1, 0.15) is 36.3 Å². The summed E-state index contributed by atoms with van der Waals surface area (Å²) >= 11 is 0. The minimum absolute atomic E-state index is 0.00568. The third kappa shape index (κ3) is 3.76. The SMILES string of the molecule is Cc1ccc(C(C)N(C)C(=O)C2CC(=O)N(Cc3ccco3)C2)cc1. The van der Waals surface area contributed by atoms with Crippen molar-refractivity contribution in [1.29, 1.82) is 0 Å².